The molecule has 1 saturated carbocycles. The standard InChI is InChI=1S/C13H19N3O2/c1-13(2)6-3-9(4-7-13)15-11-10(12(17)18)5-8-14-16-11/h5,8-9H,3-4,6-7H2,1-2H3,(H,15,16)(H,17,18). The van der Waals surface area contributed by atoms with Crippen LogP contribution < -0.4 is 5.32 Å². The van der Waals surface area contributed by atoms with Crippen LogP contribution >= 0.6 is 0 Å². The zero-order valence-corrected chi connectivity index (χ0v) is 10.8. The number of rotatable bonds is 3. The van der Waals surface area contributed by atoms with Gasteiger partial charge in [-0.25, -0.2) is 4.79 Å². The molecular weight excluding hydrogens is 230 g/mol. The van der Waals surface area contributed by atoms with Crippen molar-refractivity contribution in [2.45, 2.75) is 45.6 Å². The van der Waals surface area contributed by atoms with Crippen molar-refractivity contribution in [2.24, 2.45) is 5.41 Å². The lowest BCUT2D eigenvalue weighted by Crippen LogP contribution is -2.30. The summed E-state index contributed by atoms with van der Waals surface area (Å²) in [5, 5.41) is 19.9. The molecule has 1 aliphatic rings. The van der Waals surface area contributed by atoms with Crippen molar-refractivity contribution >= 4 is 11.8 Å². The predicted molar refractivity (Wildman–Crippen MR) is 68.7 cm³/mol. The van der Waals surface area contributed by atoms with Crippen molar-refractivity contribution in [1.29, 1.82) is 0 Å². The number of carbonyl (C=O) groups is 1. The Morgan fingerprint density at radius 2 is 2.11 bits per heavy atom. The Hall–Kier alpha value is -1.65. The molecule has 1 aromatic heterocycles. The third-order valence-corrected chi connectivity index (χ3v) is 3.63. The fourth-order valence-corrected chi connectivity index (χ4v) is 2.35. The van der Waals surface area contributed by atoms with Crippen molar-refractivity contribution < 1.29 is 9.90 Å². The molecule has 0 amide bonds. The molecule has 5 heteroatoms. The molecule has 0 unspecified atom stereocenters. The van der Waals surface area contributed by atoms with Crippen LogP contribution in [0.5, 0.6) is 0 Å². The van der Waals surface area contributed by atoms with E-state index in [4.69, 9.17) is 5.11 Å². The van der Waals surface area contributed by atoms with Gasteiger partial charge < -0.3 is 10.4 Å². The highest BCUT2D eigenvalue weighted by molar-refractivity contribution is 5.92. The van der Waals surface area contributed by atoms with Crippen molar-refractivity contribution in [2.75, 3.05) is 5.32 Å². The topological polar surface area (TPSA) is 75.1 Å². The number of aromatic nitrogens is 2. The Balaban J connectivity index is 2.04. The van der Waals surface area contributed by atoms with Crippen molar-refractivity contribution in [3.05, 3.63) is 17.8 Å². The van der Waals surface area contributed by atoms with Gasteiger partial charge in [0, 0.05) is 6.04 Å². The van der Waals surface area contributed by atoms with Gasteiger partial charge in [-0.2, -0.15) is 5.10 Å². The van der Waals surface area contributed by atoms with E-state index in [1.807, 2.05) is 0 Å². The number of aromatic carboxylic acids is 1. The van der Waals surface area contributed by atoms with E-state index in [9.17, 15) is 4.79 Å². The van der Waals surface area contributed by atoms with Crippen LogP contribution in [0.3, 0.4) is 0 Å². The summed E-state index contributed by atoms with van der Waals surface area (Å²) in [6.07, 6.45) is 5.78. The van der Waals surface area contributed by atoms with Crippen molar-refractivity contribution in [1.82, 2.24) is 10.2 Å². The zero-order chi connectivity index (χ0) is 13.2. The molecule has 2 rings (SSSR count). The summed E-state index contributed by atoms with van der Waals surface area (Å²) < 4.78 is 0. The molecule has 18 heavy (non-hydrogen) atoms. The summed E-state index contributed by atoms with van der Waals surface area (Å²) in [6, 6.07) is 1.78. The van der Waals surface area contributed by atoms with Gasteiger partial charge >= 0.3 is 5.97 Å². The molecule has 1 fully saturated rings. The molecule has 0 spiro atoms. The molecule has 5 nitrogen and oxygen atoms in total. The maximum atomic E-state index is 11.1. The predicted octanol–water partition coefficient (Wildman–Crippen LogP) is 2.56. The van der Waals surface area contributed by atoms with Crippen LogP contribution in [0.25, 0.3) is 0 Å². The summed E-state index contributed by atoms with van der Waals surface area (Å²) in [4.78, 5) is 11.1. The van der Waals surface area contributed by atoms with Crippen molar-refractivity contribution in [3.8, 4) is 0 Å². The Morgan fingerprint density at radius 3 is 2.72 bits per heavy atom. The fourth-order valence-electron chi connectivity index (χ4n) is 2.35. The third kappa shape index (κ3) is 2.97. The van der Waals surface area contributed by atoms with E-state index < -0.39 is 5.97 Å². The number of hydrogen-bond donors (Lipinski definition) is 2. The molecule has 0 saturated heterocycles. The van der Waals surface area contributed by atoms with E-state index in [1.54, 1.807) is 0 Å². The second kappa shape index (κ2) is 4.92. The van der Waals surface area contributed by atoms with Crippen LogP contribution in [-0.4, -0.2) is 27.3 Å². The number of carboxylic acids is 1. The molecule has 2 N–H and O–H groups in total. The van der Waals surface area contributed by atoms with Gasteiger partial charge in [0.2, 0.25) is 0 Å². The lowest BCUT2D eigenvalue weighted by Gasteiger charge is -2.34. The number of nitrogens with zero attached hydrogens (tertiary/aromatic N) is 2. The lowest BCUT2D eigenvalue weighted by molar-refractivity contribution is 0.0697. The Bertz CT molecular complexity index is 436. The molecular formula is C13H19N3O2. The smallest absolute Gasteiger partial charge is 0.339 e. The Kier molecular flexibility index (Phi) is 3.50. The second-order valence-corrected chi connectivity index (χ2v) is 5.68. The van der Waals surface area contributed by atoms with E-state index in [1.165, 1.54) is 12.3 Å². The SMILES string of the molecule is CC1(C)CCC(Nc2nnccc2C(=O)O)CC1. The van der Waals surface area contributed by atoms with Crippen LogP contribution in [0.4, 0.5) is 5.82 Å². The van der Waals surface area contributed by atoms with E-state index in [2.05, 4.69) is 29.4 Å². The molecule has 1 aromatic rings. The highest BCUT2D eigenvalue weighted by atomic mass is 16.4. The third-order valence-electron chi connectivity index (χ3n) is 3.63. The van der Waals surface area contributed by atoms with E-state index in [0.717, 1.165) is 25.7 Å². The van der Waals surface area contributed by atoms with Gasteiger partial charge in [-0.1, -0.05) is 13.8 Å². The molecule has 0 aliphatic heterocycles. The quantitative estimate of drug-likeness (QED) is 0.861. The summed E-state index contributed by atoms with van der Waals surface area (Å²) in [5.74, 6) is -0.585. The molecule has 0 aromatic carbocycles. The Morgan fingerprint density at radius 1 is 1.44 bits per heavy atom. The van der Waals surface area contributed by atoms with E-state index in [0.29, 0.717) is 17.3 Å². The van der Waals surface area contributed by atoms with Gasteiger partial charge in [-0.3, -0.25) is 0 Å². The summed E-state index contributed by atoms with van der Waals surface area (Å²) in [7, 11) is 0. The maximum Gasteiger partial charge on any atom is 0.339 e. The molecule has 0 atom stereocenters. The first-order valence-electron chi connectivity index (χ1n) is 6.29. The minimum absolute atomic E-state index is 0.190. The first-order valence-corrected chi connectivity index (χ1v) is 6.29. The largest absolute Gasteiger partial charge is 0.478 e. The van der Waals surface area contributed by atoms with E-state index >= 15 is 0 Å². The average molecular weight is 249 g/mol. The van der Waals surface area contributed by atoms with Gasteiger partial charge in [0.15, 0.2) is 5.82 Å². The fraction of sp³-hybridized carbons (Fsp3) is 0.615. The Labute approximate surface area is 107 Å². The van der Waals surface area contributed by atoms with Crippen LogP contribution in [0.2, 0.25) is 0 Å². The lowest BCUT2D eigenvalue weighted by atomic mass is 9.75. The first kappa shape index (κ1) is 12.8. The van der Waals surface area contributed by atoms with Crippen LogP contribution in [-0.2, 0) is 0 Å². The molecule has 1 heterocycles. The molecule has 98 valence electrons. The summed E-state index contributed by atoms with van der Waals surface area (Å²) in [6.45, 7) is 4.54. The van der Waals surface area contributed by atoms with Gasteiger partial charge in [-0.15, -0.1) is 5.10 Å². The monoisotopic (exact) mass is 249 g/mol. The number of hydrogen-bond acceptors (Lipinski definition) is 4. The van der Waals surface area contributed by atoms with Gasteiger partial charge in [0.1, 0.15) is 5.56 Å². The van der Waals surface area contributed by atoms with Gasteiger partial charge in [-0.05, 0) is 37.2 Å². The summed E-state index contributed by atoms with van der Waals surface area (Å²) >= 11 is 0. The van der Waals surface area contributed by atoms with Gasteiger partial charge in [0.25, 0.3) is 0 Å². The maximum absolute atomic E-state index is 11.1. The normalized spacial score (nSPS) is 19.4. The minimum Gasteiger partial charge on any atom is -0.478 e. The van der Waals surface area contributed by atoms with Gasteiger partial charge in [0.05, 0.1) is 6.20 Å². The zero-order valence-electron chi connectivity index (χ0n) is 10.8. The van der Waals surface area contributed by atoms with Crippen LogP contribution in [0, 0.1) is 5.41 Å². The average Bonchev–Trinajstić information content (AvgIpc) is 2.32. The first-order chi connectivity index (χ1) is 8.48. The highest BCUT2D eigenvalue weighted by Crippen LogP contribution is 2.36. The second-order valence-electron chi connectivity index (χ2n) is 5.68. The molecule has 1 aliphatic carbocycles. The van der Waals surface area contributed by atoms with Crippen LogP contribution in [0.15, 0.2) is 12.3 Å². The van der Waals surface area contributed by atoms with Crippen molar-refractivity contribution in [3.63, 3.8) is 0 Å². The van der Waals surface area contributed by atoms with E-state index in [-0.39, 0.29) is 5.56 Å². The number of anilines is 1. The number of carboxylic acid groups (broad SMARTS) is 1. The van der Waals surface area contributed by atoms with Crippen LogP contribution in [0.1, 0.15) is 49.9 Å². The molecule has 0 radical (unpaired) electrons. The highest BCUT2D eigenvalue weighted by Gasteiger charge is 2.27. The molecule has 0 bridgehead atoms. The minimum atomic E-state index is -0.969. The number of nitrogens with one attached hydrogen (secondary N) is 1. The summed E-state index contributed by atoms with van der Waals surface area (Å²) in [5.41, 5.74) is 0.589.